The van der Waals surface area contributed by atoms with Crippen molar-refractivity contribution in [1.82, 2.24) is 4.31 Å². The van der Waals surface area contributed by atoms with E-state index < -0.39 is 15.9 Å². The van der Waals surface area contributed by atoms with E-state index in [1.165, 1.54) is 31.3 Å². The molecule has 0 fully saturated rings. The van der Waals surface area contributed by atoms with Crippen LogP contribution in [0.2, 0.25) is 5.02 Å². The second kappa shape index (κ2) is 9.77. The van der Waals surface area contributed by atoms with Gasteiger partial charge in [-0.1, -0.05) is 11.6 Å². The van der Waals surface area contributed by atoms with Gasteiger partial charge in [0, 0.05) is 18.1 Å². The predicted octanol–water partition coefficient (Wildman–Crippen LogP) is 3.40. The highest BCUT2D eigenvalue weighted by atomic mass is 35.5. The lowest BCUT2D eigenvalue weighted by molar-refractivity contribution is -0.116. The zero-order valence-electron chi connectivity index (χ0n) is 15.9. The summed E-state index contributed by atoms with van der Waals surface area (Å²) in [6, 6.07) is 10.8. The summed E-state index contributed by atoms with van der Waals surface area (Å²) in [6.45, 7) is 4.21. The summed E-state index contributed by atoms with van der Waals surface area (Å²) in [4.78, 5) is 12.5. The molecule has 9 heteroatoms. The molecular formula is C19H23ClN2O5S. The molecule has 2 rings (SSSR count). The molecule has 152 valence electrons. The van der Waals surface area contributed by atoms with Gasteiger partial charge in [0.1, 0.15) is 11.5 Å². The average Bonchev–Trinajstić information content (AvgIpc) is 2.64. The number of rotatable bonds is 9. The predicted molar refractivity (Wildman–Crippen MR) is 109 cm³/mol. The first kappa shape index (κ1) is 22.0. The summed E-state index contributed by atoms with van der Waals surface area (Å²) in [5, 5.41) is 3.11. The molecule has 0 aliphatic heterocycles. The minimum Gasteiger partial charge on any atom is -0.494 e. The van der Waals surface area contributed by atoms with E-state index in [0.717, 1.165) is 4.31 Å². The standard InChI is InChI=1S/C19H23ClN2O5S/c1-4-26-15-8-11-18(27-5-2)17(12-15)21-19(23)13-22(3)28(24,25)16-9-6-14(20)7-10-16/h6-12H,4-5,13H2,1-3H3,(H,21,23). The van der Waals surface area contributed by atoms with Crippen molar-refractivity contribution in [2.75, 3.05) is 32.1 Å². The van der Waals surface area contributed by atoms with E-state index in [1.807, 2.05) is 13.8 Å². The van der Waals surface area contributed by atoms with Crippen LogP contribution in [0.25, 0.3) is 0 Å². The molecule has 0 spiro atoms. The van der Waals surface area contributed by atoms with Crippen LogP contribution in [0.5, 0.6) is 11.5 Å². The highest BCUT2D eigenvalue weighted by molar-refractivity contribution is 7.89. The molecule has 0 saturated carbocycles. The third kappa shape index (κ3) is 5.60. The zero-order valence-corrected chi connectivity index (χ0v) is 17.5. The van der Waals surface area contributed by atoms with E-state index >= 15 is 0 Å². The number of benzene rings is 2. The van der Waals surface area contributed by atoms with Gasteiger partial charge in [0.15, 0.2) is 0 Å². The molecular weight excluding hydrogens is 404 g/mol. The Labute approximate surface area is 170 Å². The van der Waals surface area contributed by atoms with Crippen molar-refractivity contribution in [1.29, 1.82) is 0 Å². The number of carbonyl (C=O) groups is 1. The number of amides is 1. The second-order valence-electron chi connectivity index (χ2n) is 5.79. The number of likely N-dealkylation sites (N-methyl/N-ethyl adjacent to an activating group) is 1. The smallest absolute Gasteiger partial charge is 0.243 e. The third-order valence-electron chi connectivity index (χ3n) is 3.72. The van der Waals surface area contributed by atoms with E-state index in [0.29, 0.717) is 35.4 Å². The van der Waals surface area contributed by atoms with E-state index in [9.17, 15) is 13.2 Å². The third-order valence-corrected chi connectivity index (χ3v) is 5.79. The summed E-state index contributed by atoms with van der Waals surface area (Å²) in [7, 11) is -2.49. The van der Waals surface area contributed by atoms with Crippen LogP contribution in [0, 0.1) is 0 Å². The van der Waals surface area contributed by atoms with Gasteiger partial charge in [0.25, 0.3) is 0 Å². The number of ether oxygens (including phenoxy) is 2. The van der Waals surface area contributed by atoms with Crippen LogP contribution in [-0.4, -0.2) is 45.4 Å². The van der Waals surface area contributed by atoms with Crippen LogP contribution >= 0.6 is 11.6 Å². The molecule has 0 atom stereocenters. The minimum atomic E-state index is -3.82. The molecule has 2 aromatic rings. The van der Waals surface area contributed by atoms with E-state index in [4.69, 9.17) is 21.1 Å². The van der Waals surface area contributed by atoms with Crippen molar-refractivity contribution < 1.29 is 22.7 Å². The first-order valence-electron chi connectivity index (χ1n) is 8.69. The van der Waals surface area contributed by atoms with Gasteiger partial charge in [-0.25, -0.2) is 8.42 Å². The summed E-state index contributed by atoms with van der Waals surface area (Å²) in [5.74, 6) is 0.542. The Morgan fingerprint density at radius 2 is 1.71 bits per heavy atom. The summed E-state index contributed by atoms with van der Waals surface area (Å²) >= 11 is 5.80. The molecule has 0 aromatic heterocycles. The van der Waals surface area contributed by atoms with Crippen LogP contribution in [-0.2, 0) is 14.8 Å². The number of hydrogen-bond donors (Lipinski definition) is 1. The molecule has 0 heterocycles. The molecule has 28 heavy (non-hydrogen) atoms. The molecule has 2 aromatic carbocycles. The fourth-order valence-electron chi connectivity index (χ4n) is 2.41. The number of nitrogens with zero attached hydrogens (tertiary/aromatic N) is 1. The lowest BCUT2D eigenvalue weighted by atomic mass is 10.2. The van der Waals surface area contributed by atoms with Crippen LogP contribution < -0.4 is 14.8 Å². The van der Waals surface area contributed by atoms with Gasteiger partial charge in [0.05, 0.1) is 30.3 Å². The van der Waals surface area contributed by atoms with E-state index in [2.05, 4.69) is 5.32 Å². The molecule has 7 nitrogen and oxygen atoms in total. The average molecular weight is 427 g/mol. The monoisotopic (exact) mass is 426 g/mol. The fraction of sp³-hybridized carbons (Fsp3) is 0.316. The Morgan fingerprint density at radius 1 is 1.07 bits per heavy atom. The highest BCUT2D eigenvalue weighted by Gasteiger charge is 2.23. The quantitative estimate of drug-likeness (QED) is 0.664. The zero-order chi connectivity index (χ0) is 20.7. The minimum absolute atomic E-state index is 0.0561. The Kier molecular flexibility index (Phi) is 7.68. The molecule has 0 aliphatic rings. The lowest BCUT2D eigenvalue weighted by Crippen LogP contribution is -2.35. The van der Waals surface area contributed by atoms with Crippen molar-refractivity contribution in [2.24, 2.45) is 0 Å². The van der Waals surface area contributed by atoms with Crippen molar-refractivity contribution in [3.05, 3.63) is 47.5 Å². The van der Waals surface area contributed by atoms with Gasteiger partial charge in [-0.2, -0.15) is 4.31 Å². The van der Waals surface area contributed by atoms with Gasteiger partial charge in [-0.05, 0) is 50.2 Å². The largest absolute Gasteiger partial charge is 0.494 e. The van der Waals surface area contributed by atoms with Gasteiger partial charge < -0.3 is 14.8 Å². The number of nitrogens with one attached hydrogen (secondary N) is 1. The maximum absolute atomic E-state index is 12.6. The highest BCUT2D eigenvalue weighted by Crippen LogP contribution is 2.29. The summed E-state index contributed by atoms with van der Waals surface area (Å²) in [5.41, 5.74) is 0.412. The maximum atomic E-state index is 12.6. The molecule has 1 N–H and O–H groups in total. The fourth-order valence-corrected chi connectivity index (χ4v) is 3.66. The van der Waals surface area contributed by atoms with Crippen molar-refractivity contribution in [3.63, 3.8) is 0 Å². The Balaban J connectivity index is 2.14. The van der Waals surface area contributed by atoms with Gasteiger partial charge in [0.2, 0.25) is 15.9 Å². The Hall–Kier alpha value is -2.29. The van der Waals surface area contributed by atoms with Crippen LogP contribution in [0.4, 0.5) is 5.69 Å². The van der Waals surface area contributed by atoms with Gasteiger partial charge in [-0.15, -0.1) is 0 Å². The number of carbonyl (C=O) groups excluding carboxylic acids is 1. The van der Waals surface area contributed by atoms with E-state index in [-0.39, 0.29) is 11.4 Å². The van der Waals surface area contributed by atoms with Crippen LogP contribution in [0.15, 0.2) is 47.4 Å². The van der Waals surface area contributed by atoms with Crippen molar-refractivity contribution in [2.45, 2.75) is 18.7 Å². The van der Waals surface area contributed by atoms with Crippen LogP contribution in [0.3, 0.4) is 0 Å². The number of hydrogen-bond acceptors (Lipinski definition) is 5. The SMILES string of the molecule is CCOc1ccc(OCC)c(NC(=O)CN(C)S(=O)(=O)c2ccc(Cl)cc2)c1. The number of halogens is 1. The first-order chi connectivity index (χ1) is 13.3. The summed E-state index contributed by atoms with van der Waals surface area (Å²) in [6.07, 6.45) is 0. The Morgan fingerprint density at radius 3 is 2.32 bits per heavy atom. The molecule has 0 saturated heterocycles. The van der Waals surface area contributed by atoms with Gasteiger partial charge in [-0.3, -0.25) is 4.79 Å². The van der Waals surface area contributed by atoms with Gasteiger partial charge >= 0.3 is 0 Å². The van der Waals surface area contributed by atoms with Crippen molar-refractivity contribution in [3.8, 4) is 11.5 Å². The number of anilines is 1. The molecule has 1 amide bonds. The Bertz CT molecular complexity index is 916. The van der Waals surface area contributed by atoms with E-state index in [1.54, 1.807) is 18.2 Å². The second-order valence-corrected chi connectivity index (χ2v) is 8.27. The maximum Gasteiger partial charge on any atom is 0.243 e. The number of sulfonamides is 1. The lowest BCUT2D eigenvalue weighted by Gasteiger charge is -2.18. The first-order valence-corrected chi connectivity index (χ1v) is 10.5. The molecule has 0 radical (unpaired) electrons. The topological polar surface area (TPSA) is 84.9 Å². The summed E-state index contributed by atoms with van der Waals surface area (Å²) < 4.78 is 37.1. The molecule has 0 bridgehead atoms. The molecule has 0 aliphatic carbocycles. The molecule has 0 unspecified atom stereocenters. The van der Waals surface area contributed by atoms with Crippen molar-refractivity contribution >= 4 is 33.2 Å². The normalized spacial score (nSPS) is 11.3. The van der Waals surface area contributed by atoms with Crippen LogP contribution in [0.1, 0.15) is 13.8 Å².